The average molecular weight is 250 g/mol. The quantitative estimate of drug-likeness (QED) is 0.885. The van der Waals surface area contributed by atoms with Gasteiger partial charge in [-0.3, -0.25) is 4.98 Å². The normalized spacial score (nSPS) is 25.0. The third-order valence-corrected chi connectivity index (χ3v) is 3.90. The first kappa shape index (κ1) is 10.9. The van der Waals surface area contributed by atoms with Gasteiger partial charge in [0.05, 0.1) is 16.4 Å². The lowest BCUT2D eigenvalue weighted by molar-refractivity contribution is 0.239. The van der Waals surface area contributed by atoms with E-state index >= 15 is 0 Å². The van der Waals surface area contributed by atoms with E-state index in [9.17, 15) is 0 Å². The number of rotatable bonds is 2. The van der Waals surface area contributed by atoms with Crippen LogP contribution in [-0.4, -0.2) is 21.7 Å². The van der Waals surface area contributed by atoms with E-state index in [1.807, 2.05) is 0 Å². The highest BCUT2D eigenvalue weighted by Gasteiger charge is 2.27. The Morgan fingerprint density at radius 2 is 2.47 bits per heavy atom. The van der Waals surface area contributed by atoms with E-state index in [1.165, 1.54) is 24.2 Å². The van der Waals surface area contributed by atoms with Gasteiger partial charge in [0.25, 0.3) is 0 Å². The Morgan fingerprint density at radius 3 is 3.24 bits per heavy atom. The van der Waals surface area contributed by atoms with Crippen molar-refractivity contribution in [1.82, 2.24) is 20.4 Å². The topological polar surface area (TPSA) is 63.8 Å². The van der Waals surface area contributed by atoms with Gasteiger partial charge in [0, 0.05) is 6.20 Å². The number of piperidine rings is 1. The minimum atomic E-state index is 0.193. The molecule has 0 aliphatic carbocycles. The van der Waals surface area contributed by atoms with Gasteiger partial charge < -0.3 is 9.84 Å². The number of hydrogen-bond acceptors (Lipinski definition) is 6. The molecule has 0 saturated carbocycles. The molecule has 90 valence electrons. The van der Waals surface area contributed by atoms with E-state index in [4.69, 9.17) is 4.52 Å². The monoisotopic (exact) mass is 250 g/mol. The van der Waals surface area contributed by atoms with Crippen LogP contribution in [0.25, 0.3) is 10.7 Å². The third kappa shape index (κ3) is 2.10. The number of thiazole rings is 1. The fourth-order valence-corrected chi connectivity index (χ4v) is 2.71. The molecule has 0 radical (unpaired) electrons. The summed E-state index contributed by atoms with van der Waals surface area (Å²) in [6.07, 6.45) is 4.18. The van der Waals surface area contributed by atoms with Gasteiger partial charge in [-0.05, 0) is 25.3 Å². The van der Waals surface area contributed by atoms with E-state index in [0.717, 1.165) is 11.4 Å². The van der Waals surface area contributed by atoms with Gasteiger partial charge in [0.2, 0.25) is 11.7 Å². The molecular formula is C11H14N4OS. The number of aromatic nitrogens is 3. The molecular weight excluding hydrogens is 236 g/mol. The van der Waals surface area contributed by atoms with Crippen LogP contribution in [0.3, 0.4) is 0 Å². The van der Waals surface area contributed by atoms with Crippen molar-refractivity contribution in [3.05, 3.63) is 17.6 Å². The molecule has 6 heteroatoms. The maximum atomic E-state index is 5.35. The molecule has 0 aromatic carbocycles. The van der Waals surface area contributed by atoms with Crippen LogP contribution in [0, 0.1) is 5.92 Å². The van der Waals surface area contributed by atoms with E-state index < -0.39 is 0 Å². The van der Waals surface area contributed by atoms with Crippen LogP contribution in [0.2, 0.25) is 0 Å². The fourth-order valence-electron chi connectivity index (χ4n) is 2.17. The molecule has 3 rings (SSSR count). The minimum Gasteiger partial charge on any atom is -0.337 e. The van der Waals surface area contributed by atoms with Gasteiger partial charge in [0.15, 0.2) is 0 Å². The highest BCUT2D eigenvalue weighted by molar-refractivity contribution is 7.13. The van der Waals surface area contributed by atoms with Crippen molar-refractivity contribution in [2.24, 2.45) is 5.92 Å². The smallest absolute Gasteiger partial charge is 0.244 e. The van der Waals surface area contributed by atoms with E-state index in [-0.39, 0.29) is 6.04 Å². The van der Waals surface area contributed by atoms with Crippen molar-refractivity contribution in [2.45, 2.75) is 25.8 Å². The summed E-state index contributed by atoms with van der Waals surface area (Å²) in [6.45, 7) is 3.24. The Labute approximate surface area is 103 Å². The van der Waals surface area contributed by atoms with Crippen LogP contribution in [0.15, 0.2) is 16.2 Å². The second-order valence-corrected chi connectivity index (χ2v) is 5.26. The van der Waals surface area contributed by atoms with Crippen LogP contribution < -0.4 is 5.32 Å². The molecule has 1 N–H and O–H groups in total. The Kier molecular flexibility index (Phi) is 2.90. The summed E-state index contributed by atoms with van der Waals surface area (Å²) >= 11 is 1.52. The van der Waals surface area contributed by atoms with Crippen LogP contribution in [-0.2, 0) is 0 Å². The molecule has 1 aliphatic heterocycles. The molecule has 3 heterocycles. The summed E-state index contributed by atoms with van der Waals surface area (Å²) in [5, 5.41) is 7.45. The Hall–Kier alpha value is -1.27. The van der Waals surface area contributed by atoms with Crippen molar-refractivity contribution in [2.75, 3.05) is 6.54 Å². The Balaban J connectivity index is 1.84. The van der Waals surface area contributed by atoms with Gasteiger partial charge in [0.1, 0.15) is 0 Å². The first-order chi connectivity index (χ1) is 8.34. The second-order valence-electron chi connectivity index (χ2n) is 4.37. The number of nitrogens with one attached hydrogen (secondary N) is 1. The van der Waals surface area contributed by atoms with Crippen molar-refractivity contribution >= 4 is 11.3 Å². The highest BCUT2D eigenvalue weighted by atomic mass is 32.1. The molecule has 2 aromatic rings. The first-order valence-corrected chi connectivity index (χ1v) is 6.68. The molecule has 1 fully saturated rings. The van der Waals surface area contributed by atoms with Crippen LogP contribution in [0.1, 0.15) is 31.7 Å². The summed E-state index contributed by atoms with van der Waals surface area (Å²) in [7, 11) is 0. The Morgan fingerprint density at radius 1 is 1.53 bits per heavy atom. The summed E-state index contributed by atoms with van der Waals surface area (Å²) in [5.41, 5.74) is 1.77. The summed E-state index contributed by atoms with van der Waals surface area (Å²) in [5.74, 6) is 1.88. The van der Waals surface area contributed by atoms with Crippen molar-refractivity contribution in [3.8, 4) is 10.7 Å². The molecule has 1 aliphatic rings. The SMILES string of the molecule is CC1CCCNC1c1nc(-c2cncs2)no1. The van der Waals surface area contributed by atoms with E-state index in [1.54, 1.807) is 11.7 Å². The largest absolute Gasteiger partial charge is 0.337 e. The molecule has 0 amide bonds. The second kappa shape index (κ2) is 4.54. The summed E-state index contributed by atoms with van der Waals surface area (Å²) < 4.78 is 5.35. The molecule has 2 unspecified atom stereocenters. The summed E-state index contributed by atoms with van der Waals surface area (Å²) in [4.78, 5) is 9.42. The van der Waals surface area contributed by atoms with Gasteiger partial charge in [-0.15, -0.1) is 11.3 Å². The highest BCUT2D eigenvalue weighted by Crippen LogP contribution is 2.29. The van der Waals surface area contributed by atoms with Gasteiger partial charge in [-0.25, -0.2) is 0 Å². The summed E-state index contributed by atoms with van der Waals surface area (Å²) in [6, 6.07) is 0.193. The first-order valence-electron chi connectivity index (χ1n) is 5.80. The Bertz CT molecular complexity index is 481. The van der Waals surface area contributed by atoms with Crippen LogP contribution in [0.4, 0.5) is 0 Å². The van der Waals surface area contributed by atoms with Gasteiger partial charge in [-0.2, -0.15) is 4.98 Å². The lowest BCUT2D eigenvalue weighted by Gasteiger charge is -2.26. The fraction of sp³-hybridized carbons (Fsp3) is 0.545. The predicted molar refractivity (Wildman–Crippen MR) is 64.5 cm³/mol. The van der Waals surface area contributed by atoms with Crippen molar-refractivity contribution < 1.29 is 4.52 Å². The molecule has 0 spiro atoms. The average Bonchev–Trinajstić information content (AvgIpc) is 3.00. The predicted octanol–water partition coefficient (Wildman–Crippen LogP) is 2.25. The molecule has 1 saturated heterocycles. The standard InChI is InChI=1S/C11H14N4OS/c1-7-3-2-4-13-9(7)11-14-10(15-16-11)8-5-12-6-17-8/h5-7,9,13H,2-4H2,1H3. The molecule has 2 atom stereocenters. The van der Waals surface area contributed by atoms with Crippen molar-refractivity contribution in [3.63, 3.8) is 0 Å². The minimum absolute atomic E-state index is 0.193. The number of nitrogens with zero attached hydrogens (tertiary/aromatic N) is 3. The van der Waals surface area contributed by atoms with Gasteiger partial charge in [-0.1, -0.05) is 12.1 Å². The van der Waals surface area contributed by atoms with Crippen LogP contribution >= 0.6 is 11.3 Å². The zero-order valence-electron chi connectivity index (χ0n) is 9.59. The maximum absolute atomic E-state index is 5.35. The van der Waals surface area contributed by atoms with Crippen molar-refractivity contribution in [1.29, 1.82) is 0 Å². The van der Waals surface area contributed by atoms with Crippen LogP contribution in [0.5, 0.6) is 0 Å². The molecule has 2 aromatic heterocycles. The number of hydrogen-bond donors (Lipinski definition) is 1. The van der Waals surface area contributed by atoms with E-state index in [0.29, 0.717) is 17.6 Å². The molecule has 17 heavy (non-hydrogen) atoms. The lowest BCUT2D eigenvalue weighted by atomic mass is 9.93. The third-order valence-electron chi connectivity index (χ3n) is 3.13. The zero-order valence-corrected chi connectivity index (χ0v) is 10.4. The maximum Gasteiger partial charge on any atom is 0.244 e. The lowest BCUT2D eigenvalue weighted by Crippen LogP contribution is -2.33. The molecule has 0 bridgehead atoms. The zero-order chi connectivity index (χ0) is 11.7. The van der Waals surface area contributed by atoms with Gasteiger partial charge >= 0.3 is 0 Å². The molecule has 5 nitrogen and oxygen atoms in total. The van der Waals surface area contributed by atoms with E-state index in [2.05, 4.69) is 27.4 Å².